The van der Waals surface area contributed by atoms with Crippen molar-refractivity contribution < 1.29 is 63.0 Å². The van der Waals surface area contributed by atoms with Crippen molar-refractivity contribution in [3.8, 4) is 22.8 Å². The number of anilines is 2. The number of aromatic nitrogens is 5. The van der Waals surface area contributed by atoms with Crippen LogP contribution in [0.25, 0.3) is 33.7 Å². The van der Waals surface area contributed by atoms with Crippen LogP contribution in [0.15, 0.2) is 84.3 Å². The molecule has 0 bridgehead atoms. The standard InChI is InChI=1S/C19H22F2N4O3.2C12H12N2.2ClH.Ru/c1-8-5-24(6-9(2)23-8)17-13(20)15(22)12-16(14(17)21)25(10-3-4-10)7-11(18(12)26)19(27)28;2*1-9-3-5-13-11(7-9)12-8-10(2)4-6-14-12;;;/h7-10,23H,3-6,22H2,1-2H3,(H,27,28);2*3-8H,1-2H3;2*1H;/q;;;;;+3/p-3/t8-,9+;;;;;. The number of nitrogens with two attached hydrogens (primary N) is 1. The van der Waals surface area contributed by atoms with Crippen molar-refractivity contribution in [2.75, 3.05) is 23.7 Å². The average Bonchev–Trinajstić information content (AvgIpc) is 4.00. The molecule has 311 valence electrons. The molecule has 1 saturated heterocycles. The maximum Gasteiger partial charge on any atom is 3.00 e. The van der Waals surface area contributed by atoms with Gasteiger partial charge in [-0.15, -0.1) is 0 Å². The number of hydrogen-bond acceptors (Lipinski definition) is 10. The summed E-state index contributed by atoms with van der Waals surface area (Å²) < 4.78 is 32.2. The number of carboxylic acid groups (broad SMARTS) is 1. The maximum atomic E-state index is 15.6. The molecule has 11 nitrogen and oxygen atoms in total. The van der Waals surface area contributed by atoms with Gasteiger partial charge in [-0.2, -0.15) is 0 Å². The van der Waals surface area contributed by atoms with Gasteiger partial charge in [-0.05, 0) is 125 Å². The summed E-state index contributed by atoms with van der Waals surface area (Å²) in [5, 5.41) is 14.2. The first-order valence-electron chi connectivity index (χ1n) is 18.5. The van der Waals surface area contributed by atoms with Gasteiger partial charge in [0.2, 0.25) is 5.43 Å². The number of benzene rings is 1. The molecular formula is C43H45Cl2F2N8O3Ru. The number of aromatic carboxylic acids is 1. The summed E-state index contributed by atoms with van der Waals surface area (Å²) in [5.74, 6) is -3.63. The first-order valence-corrected chi connectivity index (χ1v) is 18.5. The van der Waals surface area contributed by atoms with Crippen molar-refractivity contribution in [3.63, 3.8) is 0 Å². The number of hydrogen-bond donors (Lipinski definition) is 2. The maximum absolute atomic E-state index is 15.6. The molecule has 2 atom stereocenters. The van der Waals surface area contributed by atoms with Crippen molar-refractivity contribution in [1.82, 2.24) is 29.8 Å². The third-order valence-corrected chi connectivity index (χ3v) is 9.58. The number of carboxylic acids is 1. The quantitative estimate of drug-likeness (QED) is 0.182. The number of fused-ring (bicyclic) bond motifs is 1. The van der Waals surface area contributed by atoms with E-state index in [4.69, 9.17) is 5.73 Å². The van der Waals surface area contributed by atoms with Crippen LogP contribution in [0.5, 0.6) is 0 Å². The largest absolute Gasteiger partial charge is 3.00 e. The number of carbonyl (C=O) groups excluding carboxylic acids is 1. The van der Waals surface area contributed by atoms with Gasteiger partial charge >= 0.3 is 19.5 Å². The summed E-state index contributed by atoms with van der Waals surface area (Å²) in [6, 6.07) is 16.0. The molecular weight excluding hydrogens is 886 g/mol. The number of rotatable bonds is 5. The second-order valence-corrected chi connectivity index (χ2v) is 14.7. The Morgan fingerprint density at radius 3 is 1.47 bits per heavy atom. The molecule has 0 amide bonds. The molecule has 3 N–H and O–H groups in total. The Labute approximate surface area is 367 Å². The molecule has 1 aliphatic carbocycles. The fraction of sp³-hybridized carbons (Fsp3) is 0.302. The zero-order valence-corrected chi connectivity index (χ0v) is 36.7. The average molecular weight is 932 g/mol. The number of halogens is 4. The summed E-state index contributed by atoms with van der Waals surface area (Å²) >= 11 is 0. The molecule has 1 aliphatic heterocycles. The smallest absolute Gasteiger partial charge is 1.00 e. The van der Waals surface area contributed by atoms with Crippen LogP contribution in [0.4, 0.5) is 20.2 Å². The van der Waals surface area contributed by atoms with Gasteiger partial charge in [0.05, 0.1) is 50.9 Å². The van der Waals surface area contributed by atoms with Crippen LogP contribution in [0, 0.1) is 39.3 Å². The van der Waals surface area contributed by atoms with Gasteiger partial charge in [0, 0.05) is 62.2 Å². The van der Waals surface area contributed by atoms with Crippen molar-refractivity contribution in [3.05, 3.63) is 129 Å². The molecule has 2 fully saturated rings. The zero-order valence-electron chi connectivity index (χ0n) is 33.4. The van der Waals surface area contributed by atoms with E-state index in [1.807, 2.05) is 87.2 Å². The Morgan fingerprint density at radius 1 is 0.746 bits per heavy atom. The Bertz CT molecular complexity index is 2300. The molecule has 0 unspecified atom stereocenters. The van der Waals surface area contributed by atoms with Crippen LogP contribution < -0.4 is 51.3 Å². The van der Waals surface area contributed by atoms with Crippen LogP contribution in [-0.4, -0.2) is 55.6 Å². The normalized spacial score (nSPS) is 15.6. The Hall–Kier alpha value is -4.88. The van der Waals surface area contributed by atoms with Crippen molar-refractivity contribution in [2.45, 2.75) is 72.5 Å². The number of pyridine rings is 5. The van der Waals surface area contributed by atoms with E-state index in [2.05, 4.69) is 52.9 Å². The summed E-state index contributed by atoms with van der Waals surface area (Å²) in [5.41, 5.74) is 11.9. The van der Waals surface area contributed by atoms with E-state index >= 15 is 8.78 Å². The van der Waals surface area contributed by atoms with E-state index in [0.717, 1.165) is 29.0 Å². The molecule has 6 heterocycles. The van der Waals surface area contributed by atoms with E-state index < -0.39 is 39.7 Å². The molecule has 6 aromatic rings. The third-order valence-electron chi connectivity index (χ3n) is 9.58. The number of nitrogen functional groups attached to an aromatic ring is 1. The third kappa shape index (κ3) is 11.4. The van der Waals surface area contributed by atoms with E-state index in [1.54, 1.807) is 4.90 Å². The first-order chi connectivity index (χ1) is 26.7. The number of carbonyl (C=O) groups is 1. The number of piperazine rings is 1. The van der Waals surface area contributed by atoms with Gasteiger partial charge in [-0.3, -0.25) is 24.7 Å². The van der Waals surface area contributed by atoms with Crippen LogP contribution >= 0.6 is 0 Å². The summed E-state index contributed by atoms with van der Waals surface area (Å²) in [6.07, 6.45) is 9.76. The SMILES string of the molecule is C[C@@H]1CN(c2c(F)c(N)c3c(=O)c(C(=O)[O-])cn(C4CC4)c3c2F)C[C@H](C)N1.Cc1ccnc(-c2cc(C)ccn2)c1.Cc1ccnc(-c2cc(C)ccn2)c1.[Cl-].[Cl-].[Ru+3]. The van der Waals surface area contributed by atoms with Gasteiger partial charge in [0.15, 0.2) is 11.6 Å². The molecule has 1 saturated carbocycles. The van der Waals surface area contributed by atoms with E-state index in [-0.39, 0.29) is 73.6 Å². The fourth-order valence-electron chi connectivity index (χ4n) is 6.83. The minimum atomic E-state index is -1.70. The number of nitrogens with one attached hydrogen (secondary N) is 1. The van der Waals surface area contributed by atoms with Gasteiger partial charge in [-0.25, -0.2) is 8.78 Å². The van der Waals surface area contributed by atoms with Gasteiger partial charge < -0.3 is 55.2 Å². The minimum absolute atomic E-state index is 0. The molecule has 59 heavy (non-hydrogen) atoms. The second-order valence-electron chi connectivity index (χ2n) is 14.7. The van der Waals surface area contributed by atoms with Crippen LogP contribution in [0.2, 0.25) is 0 Å². The van der Waals surface area contributed by atoms with Crippen molar-refractivity contribution >= 4 is 28.2 Å². The van der Waals surface area contributed by atoms with E-state index in [9.17, 15) is 14.7 Å². The van der Waals surface area contributed by atoms with E-state index in [0.29, 0.717) is 25.9 Å². The van der Waals surface area contributed by atoms with Gasteiger partial charge in [0.1, 0.15) is 5.69 Å². The van der Waals surface area contributed by atoms with Crippen LogP contribution in [-0.2, 0) is 19.5 Å². The molecule has 2 aliphatic rings. The topological polar surface area (TPSA) is 155 Å². The number of aryl methyl sites for hydroxylation is 4. The van der Waals surface area contributed by atoms with Crippen molar-refractivity contribution in [1.29, 1.82) is 0 Å². The van der Waals surface area contributed by atoms with Gasteiger partial charge in [-0.1, -0.05) is 0 Å². The van der Waals surface area contributed by atoms with E-state index in [1.165, 1.54) is 26.8 Å². The molecule has 16 heteroatoms. The van der Waals surface area contributed by atoms with Crippen LogP contribution in [0.3, 0.4) is 0 Å². The predicted octanol–water partition coefficient (Wildman–Crippen LogP) is 0.273. The Balaban J connectivity index is 0.000000254. The Morgan fingerprint density at radius 2 is 1.14 bits per heavy atom. The summed E-state index contributed by atoms with van der Waals surface area (Å²) in [6.45, 7) is 12.8. The molecule has 5 aromatic heterocycles. The van der Waals surface area contributed by atoms with Crippen LogP contribution in [0.1, 0.15) is 65.3 Å². The van der Waals surface area contributed by atoms with Crippen molar-refractivity contribution in [2.24, 2.45) is 0 Å². The number of nitrogens with zero attached hydrogens (tertiary/aromatic N) is 6. The second kappa shape index (κ2) is 20.9. The zero-order chi connectivity index (χ0) is 40.3. The summed E-state index contributed by atoms with van der Waals surface area (Å²) in [4.78, 5) is 42.7. The minimum Gasteiger partial charge on any atom is -1.00 e. The molecule has 1 radical (unpaired) electrons. The molecule has 8 rings (SSSR count). The summed E-state index contributed by atoms with van der Waals surface area (Å²) in [7, 11) is 0. The van der Waals surface area contributed by atoms with Gasteiger partial charge in [0.25, 0.3) is 0 Å². The first kappa shape index (κ1) is 48.5. The monoisotopic (exact) mass is 931 g/mol. The fourth-order valence-corrected chi connectivity index (χ4v) is 6.83. The molecule has 0 spiro atoms. The molecule has 1 aromatic carbocycles. The predicted molar refractivity (Wildman–Crippen MR) is 213 cm³/mol. The Kier molecular flexibility index (Phi) is 17.2.